The first-order valence-corrected chi connectivity index (χ1v) is 12.6. The van der Waals surface area contributed by atoms with E-state index in [1.54, 1.807) is 22.7 Å². The smallest absolute Gasteiger partial charge is 0.225 e. The Kier molecular flexibility index (Phi) is 5.63. The van der Waals surface area contributed by atoms with Crippen molar-refractivity contribution in [3.05, 3.63) is 52.3 Å². The van der Waals surface area contributed by atoms with E-state index in [4.69, 9.17) is 15.0 Å². The Bertz CT molecular complexity index is 1150. The van der Waals surface area contributed by atoms with Gasteiger partial charge in [-0.3, -0.25) is 0 Å². The molecule has 5 nitrogen and oxygen atoms in total. The number of thiazole rings is 1. The van der Waals surface area contributed by atoms with Gasteiger partial charge in [-0.1, -0.05) is 32.0 Å². The highest BCUT2D eigenvalue weighted by Gasteiger charge is 2.31. The van der Waals surface area contributed by atoms with Gasteiger partial charge in [0.2, 0.25) is 5.95 Å². The minimum atomic E-state index is 0.419. The molecule has 5 rings (SSSR count). The molecule has 2 N–H and O–H groups in total. The number of nitrogens with one attached hydrogen (secondary N) is 2. The summed E-state index contributed by atoms with van der Waals surface area (Å²) in [5.74, 6) is 2.90. The van der Waals surface area contributed by atoms with Gasteiger partial charge in [0.1, 0.15) is 10.8 Å². The van der Waals surface area contributed by atoms with Crippen LogP contribution in [0, 0.1) is 18.8 Å². The van der Waals surface area contributed by atoms with Crippen molar-refractivity contribution in [1.29, 1.82) is 0 Å². The molecule has 0 spiro atoms. The maximum Gasteiger partial charge on any atom is 0.225 e. The molecule has 1 aromatic carbocycles. The number of fused-ring (bicyclic) bond motifs is 1. The normalized spacial score (nSPS) is 20.9. The van der Waals surface area contributed by atoms with Crippen LogP contribution < -0.4 is 10.6 Å². The third-order valence-corrected chi connectivity index (χ3v) is 8.32. The van der Waals surface area contributed by atoms with Crippen LogP contribution in [0.5, 0.6) is 0 Å². The Labute approximate surface area is 191 Å². The molecule has 3 unspecified atom stereocenters. The largest absolute Gasteiger partial charge is 0.366 e. The van der Waals surface area contributed by atoms with Gasteiger partial charge in [0, 0.05) is 10.9 Å². The van der Waals surface area contributed by atoms with Gasteiger partial charge < -0.3 is 10.6 Å². The van der Waals surface area contributed by atoms with E-state index >= 15 is 0 Å². The van der Waals surface area contributed by atoms with Gasteiger partial charge in [-0.2, -0.15) is 4.98 Å². The van der Waals surface area contributed by atoms with Crippen LogP contribution in [0.2, 0.25) is 0 Å². The molecular formula is C24H27N5S2. The van der Waals surface area contributed by atoms with Crippen LogP contribution in [0.1, 0.15) is 37.3 Å². The van der Waals surface area contributed by atoms with Crippen molar-refractivity contribution in [2.75, 3.05) is 10.6 Å². The van der Waals surface area contributed by atoms with E-state index in [2.05, 4.69) is 67.1 Å². The molecule has 0 amide bonds. The number of anilines is 2. The van der Waals surface area contributed by atoms with Crippen LogP contribution in [0.25, 0.3) is 20.8 Å². The number of aromatic nitrogens is 3. The van der Waals surface area contributed by atoms with E-state index in [9.17, 15) is 0 Å². The number of hydrogen-bond acceptors (Lipinski definition) is 7. The van der Waals surface area contributed by atoms with Crippen LogP contribution in [0.3, 0.4) is 0 Å². The summed E-state index contributed by atoms with van der Waals surface area (Å²) in [5.41, 5.74) is 2.99. The highest BCUT2D eigenvalue weighted by Crippen LogP contribution is 2.39. The van der Waals surface area contributed by atoms with Crippen LogP contribution in [0.15, 0.2) is 41.8 Å². The highest BCUT2D eigenvalue weighted by atomic mass is 32.1. The monoisotopic (exact) mass is 449 g/mol. The van der Waals surface area contributed by atoms with Crippen LogP contribution >= 0.6 is 22.7 Å². The zero-order chi connectivity index (χ0) is 21.4. The number of benzene rings is 1. The molecule has 0 saturated heterocycles. The SMILES string of the molecule is Cc1nc(NCc2cccs2)nc(NC2CCC(C)C2C)c1-c1nc2ccccc2s1. The molecule has 1 aliphatic rings. The highest BCUT2D eigenvalue weighted by molar-refractivity contribution is 7.21. The van der Waals surface area contributed by atoms with E-state index in [1.807, 2.05) is 6.07 Å². The molecule has 0 bridgehead atoms. The molecular weight excluding hydrogens is 422 g/mol. The predicted molar refractivity (Wildman–Crippen MR) is 132 cm³/mol. The lowest BCUT2D eigenvalue weighted by atomic mass is 9.97. The molecule has 0 radical (unpaired) electrons. The average Bonchev–Trinajstić information content (AvgIpc) is 3.49. The first-order chi connectivity index (χ1) is 15.1. The Morgan fingerprint density at radius 2 is 1.90 bits per heavy atom. The third kappa shape index (κ3) is 4.16. The van der Waals surface area contributed by atoms with Crippen molar-refractivity contribution in [2.24, 2.45) is 11.8 Å². The number of para-hydroxylation sites is 1. The summed E-state index contributed by atoms with van der Waals surface area (Å²) in [6.45, 7) is 7.48. The van der Waals surface area contributed by atoms with Crippen LogP contribution in [0.4, 0.5) is 11.8 Å². The molecule has 3 heterocycles. The Hall–Kier alpha value is -2.51. The summed E-state index contributed by atoms with van der Waals surface area (Å²) in [6, 6.07) is 12.9. The number of nitrogens with zero attached hydrogens (tertiary/aromatic N) is 3. The van der Waals surface area contributed by atoms with Crippen molar-refractivity contribution >= 4 is 44.7 Å². The lowest BCUT2D eigenvalue weighted by Crippen LogP contribution is -2.25. The molecule has 7 heteroatoms. The standard InChI is InChI=1S/C24H27N5S2/c1-14-10-11-18(15(14)2)27-22-21(23-28-19-8-4-5-9-20(19)31-23)16(3)26-24(29-22)25-13-17-7-6-12-30-17/h4-9,12,14-15,18H,10-11,13H2,1-3H3,(H2,25,26,27,29). The van der Waals surface area contributed by atoms with Crippen molar-refractivity contribution < 1.29 is 0 Å². The number of rotatable bonds is 6. The second-order valence-corrected chi connectivity index (χ2v) is 10.5. The molecule has 4 aromatic rings. The second kappa shape index (κ2) is 8.55. The minimum Gasteiger partial charge on any atom is -0.366 e. The minimum absolute atomic E-state index is 0.419. The maximum atomic E-state index is 4.94. The van der Waals surface area contributed by atoms with Gasteiger partial charge in [-0.15, -0.1) is 22.7 Å². The molecule has 1 saturated carbocycles. The zero-order valence-corrected chi connectivity index (χ0v) is 19.7. The van der Waals surface area contributed by atoms with Gasteiger partial charge in [0.25, 0.3) is 0 Å². The summed E-state index contributed by atoms with van der Waals surface area (Å²) in [4.78, 5) is 15.9. The lowest BCUT2D eigenvalue weighted by molar-refractivity contribution is 0.435. The van der Waals surface area contributed by atoms with Crippen LogP contribution in [-0.2, 0) is 6.54 Å². The molecule has 31 heavy (non-hydrogen) atoms. The summed E-state index contributed by atoms with van der Waals surface area (Å²) >= 11 is 3.44. The topological polar surface area (TPSA) is 62.7 Å². The fourth-order valence-electron chi connectivity index (χ4n) is 4.31. The zero-order valence-electron chi connectivity index (χ0n) is 18.1. The summed E-state index contributed by atoms with van der Waals surface area (Å²) in [6.07, 6.45) is 2.42. The maximum absolute atomic E-state index is 4.94. The van der Waals surface area contributed by atoms with Crippen molar-refractivity contribution in [1.82, 2.24) is 15.0 Å². The Morgan fingerprint density at radius 3 is 2.65 bits per heavy atom. The van der Waals surface area contributed by atoms with Gasteiger partial charge in [-0.25, -0.2) is 9.97 Å². The van der Waals surface area contributed by atoms with Gasteiger partial charge >= 0.3 is 0 Å². The molecule has 3 aromatic heterocycles. The van der Waals surface area contributed by atoms with Gasteiger partial charge in [0.05, 0.1) is 28.0 Å². The quantitative estimate of drug-likeness (QED) is 0.348. The third-order valence-electron chi connectivity index (χ3n) is 6.39. The number of hydrogen-bond donors (Lipinski definition) is 2. The van der Waals surface area contributed by atoms with E-state index in [1.165, 1.54) is 22.4 Å². The van der Waals surface area contributed by atoms with Crippen molar-refractivity contribution in [2.45, 2.75) is 46.2 Å². The van der Waals surface area contributed by atoms with E-state index in [0.717, 1.165) is 40.1 Å². The summed E-state index contributed by atoms with van der Waals surface area (Å²) in [5, 5.41) is 10.3. The van der Waals surface area contributed by atoms with E-state index < -0.39 is 0 Å². The Balaban J connectivity index is 1.53. The Morgan fingerprint density at radius 1 is 1.03 bits per heavy atom. The molecule has 160 valence electrons. The first kappa shape index (κ1) is 20.4. The van der Waals surface area contributed by atoms with E-state index in [0.29, 0.717) is 17.9 Å². The van der Waals surface area contributed by atoms with Crippen molar-refractivity contribution in [3.8, 4) is 10.6 Å². The van der Waals surface area contributed by atoms with Gasteiger partial charge in [-0.05, 0) is 55.2 Å². The molecule has 3 atom stereocenters. The fraction of sp³-hybridized carbons (Fsp3) is 0.375. The fourth-order valence-corrected chi connectivity index (χ4v) is 6.02. The predicted octanol–water partition coefficient (Wildman–Crippen LogP) is 6.58. The number of aryl methyl sites for hydroxylation is 1. The lowest BCUT2D eigenvalue weighted by Gasteiger charge is -2.22. The van der Waals surface area contributed by atoms with Crippen LogP contribution in [-0.4, -0.2) is 21.0 Å². The molecule has 0 aliphatic heterocycles. The molecule has 1 aliphatic carbocycles. The average molecular weight is 450 g/mol. The van der Waals surface area contributed by atoms with E-state index in [-0.39, 0.29) is 0 Å². The summed E-state index contributed by atoms with van der Waals surface area (Å²) in [7, 11) is 0. The van der Waals surface area contributed by atoms with Crippen molar-refractivity contribution in [3.63, 3.8) is 0 Å². The van der Waals surface area contributed by atoms with Gasteiger partial charge in [0.15, 0.2) is 0 Å². The number of thiophene rings is 1. The first-order valence-electron chi connectivity index (χ1n) is 10.9. The summed E-state index contributed by atoms with van der Waals surface area (Å²) < 4.78 is 1.19. The second-order valence-electron chi connectivity index (χ2n) is 8.44. The molecule has 1 fully saturated rings.